The summed E-state index contributed by atoms with van der Waals surface area (Å²) in [6.07, 6.45) is 11.4. The lowest BCUT2D eigenvalue weighted by Gasteiger charge is -2.46. The van der Waals surface area contributed by atoms with Gasteiger partial charge >= 0.3 is 5.97 Å². The average Bonchev–Trinajstić information content (AvgIpc) is 3.44. The molecule has 30 heavy (non-hydrogen) atoms. The maximum Gasteiger partial charge on any atom is 0.311 e. The summed E-state index contributed by atoms with van der Waals surface area (Å²) >= 11 is 0. The molecule has 6 atom stereocenters. The van der Waals surface area contributed by atoms with Crippen LogP contribution in [-0.2, 0) is 20.8 Å². The zero-order valence-corrected chi connectivity index (χ0v) is 18.3. The molecule has 0 N–H and O–H groups in total. The van der Waals surface area contributed by atoms with Crippen molar-refractivity contribution in [3.05, 3.63) is 35.8 Å². The van der Waals surface area contributed by atoms with Crippen molar-refractivity contribution in [1.29, 1.82) is 0 Å². The molecule has 2 unspecified atom stereocenters. The van der Waals surface area contributed by atoms with Crippen molar-refractivity contribution in [3.63, 3.8) is 0 Å². The Hall–Kier alpha value is -1.59. The van der Waals surface area contributed by atoms with Gasteiger partial charge in [-0.05, 0) is 55.6 Å². The Morgan fingerprint density at radius 2 is 2.13 bits per heavy atom. The number of fused-ring (bicyclic) bond motifs is 2. The predicted octanol–water partition coefficient (Wildman–Crippen LogP) is 4.57. The minimum Gasteiger partial charge on any atom is -0.468 e. The molecule has 0 radical (unpaired) electrons. The molecule has 2 aliphatic heterocycles. The number of carbonyl (C=O) groups excluding carboxylic acids is 1. The van der Waals surface area contributed by atoms with Crippen molar-refractivity contribution in [3.8, 4) is 0 Å². The van der Waals surface area contributed by atoms with Gasteiger partial charge in [0.05, 0.1) is 24.8 Å². The van der Waals surface area contributed by atoms with Crippen molar-refractivity contribution in [1.82, 2.24) is 4.90 Å². The fourth-order valence-corrected chi connectivity index (χ4v) is 6.44. The number of rotatable bonds is 6. The highest BCUT2D eigenvalue weighted by Crippen LogP contribution is 2.54. The van der Waals surface area contributed by atoms with Crippen LogP contribution >= 0.6 is 0 Å². The second kappa shape index (κ2) is 8.16. The first-order valence-corrected chi connectivity index (χ1v) is 11.8. The van der Waals surface area contributed by atoms with Gasteiger partial charge in [-0.1, -0.05) is 31.9 Å². The number of allylic oxidation sites excluding steroid dienone is 1. The highest BCUT2D eigenvalue weighted by molar-refractivity contribution is 5.76. The van der Waals surface area contributed by atoms with Crippen molar-refractivity contribution >= 4 is 5.97 Å². The van der Waals surface area contributed by atoms with E-state index < -0.39 is 0 Å². The van der Waals surface area contributed by atoms with Crippen molar-refractivity contribution < 1.29 is 18.7 Å². The van der Waals surface area contributed by atoms with Gasteiger partial charge in [0.25, 0.3) is 0 Å². The molecule has 5 nitrogen and oxygen atoms in total. The largest absolute Gasteiger partial charge is 0.468 e. The van der Waals surface area contributed by atoms with Crippen LogP contribution in [0.15, 0.2) is 34.5 Å². The number of furan rings is 1. The predicted molar refractivity (Wildman–Crippen MR) is 114 cm³/mol. The summed E-state index contributed by atoms with van der Waals surface area (Å²) in [7, 11) is 0. The molecule has 4 aliphatic rings. The van der Waals surface area contributed by atoms with Crippen LogP contribution in [0.1, 0.15) is 58.1 Å². The van der Waals surface area contributed by atoms with Gasteiger partial charge in [-0.15, -0.1) is 0 Å². The van der Waals surface area contributed by atoms with Crippen molar-refractivity contribution in [2.45, 2.75) is 71.1 Å². The zero-order chi connectivity index (χ0) is 20.7. The molecule has 5 rings (SSSR count). The van der Waals surface area contributed by atoms with E-state index in [2.05, 4.69) is 24.8 Å². The number of hydrogen-bond donors (Lipinski definition) is 0. The smallest absolute Gasteiger partial charge is 0.311 e. The third-order valence-electron chi connectivity index (χ3n) is 7.98. The van der Waals surface area contributed by atoms with Crippen LogP contribution in [0, 0.1) is 23.2 Å². The van der Waals surface area contributed by atoms with Gasteiger partial charge in [0.15, 0.2) is 0 Å². The summed E-state index contributed by atoms with van der Waals surface area (Å²) in [4.78, 5) is 15.3. The van der Waals surface area contributed by atoms with Crippen LogP contribution in [0.4, 0.5) is 0 Å². The number of esters is 1. The highest BCUT2D eigenvalue weighted by Gasteiger charge is 2.52. The molecule has 3 heterocycles. The monoisotopic (exact) mass is 413 g/mol. The lowest BCUT2D eigenvalue weighted by molar-refractivity contribution is -0.145. The fraction of sp³-hybridized carbons (Fsp3) is 0.720. The summed E-state index contributed by atoms with van der Waals surface area (Å²) in [5.41, 5.74) is 1.79. The maximum atomic E-state index is 13.0. The first-order valence-electron chi connectivity index (χ1n) is 11.8. The molecule has 1 aromatic heterocycles. The van der Waals surface area contributed by atoms with Crippen LogP contribution in [0.25, 0.3) is 0 Å². The van der Waals surface area contributed by atoms with E-state index in [0.29, 0.717) is 19.0 Å². The Bertz CT molecular complexity index is 781. The van der Waals surface area contributed by atoms with Crippen molar-refractivity contribution in [2.75, 3.05) is 19.7 Å². The normalized spacial score (nSPS) is 38.3. The minimum atomic E-state index is -0.0995. The Morgan fingerprint density at radius 3 is 2.90 bits per heavy atom. The number of nitrogens with zero attached hydrogens (tertiary/aromatic N) is 1. The summed E-state index contributed by atoms with van der Waals surface area (Å²) in [6.45, 7) is 7.84. The van der Waals surface area contributed by atoms with Crippen LogP contribution in [0.5, 0.6) is 0 Å². The zero-order valence-electron chi connectivity index (χ0n) is 18.3. The van der Waals surface area contributed by atoms with E-state index in [1.54, 1.807) is 11.8 Å². The second-order valence-electron chi connectivity index (χ2n) is 10.2. The lowest BCUT2D eigenvalue weighted by Crippen LogP contribution is -2.42. The third kappa shape index (κ3) is 3.87. The molecular weight excluding hydrogens is 378 g/mol. The Kier molecular flexibility index (Phi) is 5.53. The van der Waals surface area contributed by atoms with Gasteiger partial charge in [0, 0.05) is 25.6 Å². The van der Waals surface area contributed by atoms with E-state index in [1.165, 1.54) is 19.3 Å². The number of hydrogen-bond acceptors (Lipinski definition) is 5. The van der Waals surface area contributed by atoms with Gasteiger partial charge < -0.3 is 13.9 Å². The van der Waals surface area contributed by atoms with Crippen LogP contribution < -0.4 is 0 Å². The summed E-state index contributed by atoms with van der Waals surface area (Å²) in [5.74, 6) is 1.63. The molecule has 5 heteroatoms. The molecule has 0 spiro atoms. The van der Waals surface area contributed by atoms with E-state index in [-0.39, 0.29) is 35.4 Å². The van der Waals surface area contributed by atoms with E-state index in [0.717, 1.165) is 38.2 Å². The summed E-state index contributed by atoms with van der Waals surface area (Å²) in [5, 5.41) is 0. The SMILES string of the molecule is C[C@H]1CCC[C@]2(C)C[C@H]3OC(=O)C(CN(Cc4ccco4)CC4CCCO4)[C@H]3C=C12. The van der Waals surface area contributed by atoms with Crippen LogP contribution in [0.2, 0.25) is 0 Å². The topological polar surface area (TPSA) is 51.9 Å². The Balaban J connectivity index is 1.36. The Morgan fingerprint density at radius 1 is 1.23 bits per heavy atom. The minimum absolute atomic E-state index is 0.0199. The molecule has 2 saturated heterocycles. The molecule has 0 bridgehead atoms. The van der Waals surface area contributed by atoms with Gasteiger partial charge in [0.2, 0.25) is 0 Å². The van der Waals surface area contributed by atoms with Gasteiger partial charge in [0.1, 0.15) is 11.9 Å². The molecule has 0 aromatic carbocycles. The molecule has 0 amide bonds. The number of carbonyl (C=O) groups is 1. The first-order chi connectivity index (χ1) is 14.5. The van der Waals surface area contributed by atoms with Gasteiger partial charge in [-0.2, -0.15) is 0 Å². The highest BCUT2D eigenvalue weighted by atomic mass is 16.6. The Labute approximate surface area is 179 Å². The molecule has 1 saturated carbocycles. The third-order valence-corrected chi connectivity index (χ3v) is 7.98. The average molecular weight is 414 g/mol. The van der Waals surface area contributed by atoms with Crippen LogP contribution in [0.3, 0.4) is 0 Å². The van der Waals surface area contributed by atoms with Gasteiger partial charge in [-0.3, -0.25) is 9.69 Å². The second-order valence-corrected chi connectivity index (χ2v) is 10.2. The van der Waals surface area contributed by atoms with Crippen LogP contribution in [-0.4, -0.2) is 42.8 Å². The molecule has 1 aromatic rings. The molecule has 2 aliphatic carbocycles. The maximum absolute atomic E-state index is 13.0. The molecule has 164 valence electrons. The quantitative estimate of drug-likeness (QED) is 0.505. The van der Waals surface area contributed by atoms with Gasteiger partial charge in [-0.25, -0.2) is 0 Å². The van der Waals surface area contributed by atoms with E-state index in [1.807, 2.05) is 12.1 Å². The van der Waals surface area contributed by atoms with E-state index in [9.17, 15) is 4.79 Å². The summed E-state index contributed by atoms with van der Waals surface area (Å²) < 4.78 is 17.5. The van der Waals surface area contributed by atoms with E-state index >= 15 is 0 Å². The number of ether oxygens (including phenoxy) is 2. The fourth-order valence-electron chi connectivity index (χ4n) is 6.44. The molecular formula is C25H35NO4. The summed E-state index contributed by atoms with van der Waals surface area (Å²) in [6, 6.07) is 3.94. The van der Waals surface area contributed by atoms with Crippen molar-refractivity contribution in [2.24, 2.45) is 23.2 Å². The first kappa shape index (κ1) is 20.3. The molecule has 3 fully saturated rings. The standard InChI is InChI=1S/C25H35NO4/c1-17-6-3-9-25(2)13-23-20(12-22(17)25)21(24(27)30-23)16-26(14-18-7-4-10-28-18)15-19-8-5-11-29-19/h4,7,10,12,17,19-21,23H,3,5-6,8-9,11,13-16H2,1-2H3/t17-,19?,20+,21?,23+,25+/m0/s1. The lowest BCUT2D eigenvalue weighted by atomic mass is 9.59. The van der Waals surface area contributed by atoms with E-state index in [4.69, 9.17) is 13.9 Å².